The summed E-state index contributed by atoms with van der Waals surface area (Å²) in [5.41, 5.74) is 1.76. The summed E-state index contributed by atoms with van der Waals surface area (Å²) in [7, 11) is 3.25. The van der Waals surface area contributed by atoms with Crippen LogP contribution in [0.4, 0.5) is 5.69 Å². The van der Waals surface area contributed by atoms with Crippen LogP contribution in [0, 0.1) is 5.92 Å². The van der Waals surface area contributed by atoms with E-state index >= 15 is 0 Å². The van der Waals surface area contributed by atoms with Crippen molar-refractivity contribution in [1.82, 2.24) is 21.3 Å². The number of anilines is 1. The quantitative estimate of drug-likeness (QED) is 0.0567. The van der Waals surface area contributed by atoms with E-state index in [-0.39, 0.29) is 18.6 Å². The predicted octanol–water partition coefficient (Wildman–Crippen LogP) is 5.84. The Morgan fingerprint density at radius 1 is 1.06 bits per heavy atom. The van der Waals surface area contributed by atoms with Crippen molar-refractivity contribution in [2.45, 2.75) is 106 Å². The molecule has 2 unspecified atom stereocenters. The standard InChI is InChI=1S/C20H33N5O3.C7H10.C6H15N.C2H6O.C2H6/c1-3-21-20(22-4-2)23-12-5-6-19(28)25-17-9-7-16(8-10-17)14-18(11-13-26)24-15-27;1-7-5-3-2-4-6-7;1-4-5-7-6(2)3;1-3-2;1-2/h7-10,15,18,26H,3-6,11-14H2,1-2H3,(H,24,27)(H,25,28)(H2,21,22,23);2-5,7H,6H2,1H3;6-7H,4-5H2,1-3H3;1-2H3;1-2H3. The zero-order valence-corrected chi connectivity index (χ0v) is 31.3. The summed E-state index contributed by atoms with van der Waals surface area (Å²) in [5.74, 6) is 1.49. The molecule has 47 heavy (non-hydrogen) atoms. The minimum Gasteiger partial charge on any atom is -0.396 e. The summed E-state index contributed by atoms with van der Waals surface area (Å²) < 4.78 is 4.25. The van der Waals surface area contributed by atoms with E-state index < -0.39 is 0 Å². The third-order valence-corrected chi connectivity index (χ3v) is 6.02. The number of carbonyl (C=O) groups is 2. The van der Waals surface area contributed by atoms with Gasteiger partial charge < -0.3 is 36.4 Å². The molecule has 0 saturated carbocycles. The zero-order valence-electron chi connectivity index (χ0n) is 31.3. The number of carbonyl (C=O) groups excluding carboxylic acids is 2. The maximum Gasteiger partial charge on any atom is 0.224 e. The second kappa shape index (κ2) is 37.2. The Labute approximate surface area is 287 Å². The number of ether oxygens (including phenoxy) is 1. The van der Waals surface area contributed by atoms with Crippen LogP contribution in [0.3, 0.4) is 0 Å². The lowest BCUT2D eigenvalue weighted by molar-refractivity contribution is -0.116. The number of nitrogens with one attached hydrogen (secondary N) is 5. The molecule has 0 aromatic heterocycles. The van der Waals surface area contributed by atoms with Gasteiger partial charge in [0.25, 0.3) is 0 Å². The number of benzene rings is 1. The summed E-state index contributed by atoms with van der Waals surface area (Å²) >= 11 is 0. The van der Waals surface area contributed by atoms with Crippen molar-refractivity contribution in [1.29, 1.82) is 0 Å². The van der Waals surface area contributed by atoms with Crippen LogP contribution in [0.25, 0.3) is 0 Å². The van der Waals surface area contributed by atoms with E-state index in [1.54, 1.807) is 14.2 Å². The molecule has 0 radical (unpaired) electrons. The van der Waals surface area contributed by atoms with Gasteiger partial charge in [-0.1, -0.05) is 78.0 Å². The lowest BCUT2D eigenvalue weighted by Gasteiger charge is -2.15. The molecule has 1 aliphatic rings. The molecule has 10 nitrogen and oxygen atoms in total. The van der Waals surface area contributed by atoms with E-state index in [2.05, 4.69) is 88.3 Å². The molecule has 0 saturated heterocycles. The first-order valence-electron chi connectivity index (χ1n) is 17.4. The van der Waals surface area contributed by atoms with Gasteiger partial charge in [0.05, 0.1) is 0 Å². The molecule has 272 valence electrons. The van der Waals surface area contributed by atoms with Gasteiger partial charge in [-0.15, -0.1) is 0 Å². The molecule has 0 bridgehead atoms. The van der Waals surface area contributed by atoms with Crippen molar-refractivity contribution in [3.05, 3.63) is 54.1 Å². The lowest BCUT2D eigenvalue weighted by Crippen LogP contribution is -2.37. The van der Waals surface area contributed by atoms with E-state index in [9.17, 15) is 9.59 Å². The average molecular weight is 663 g/mol. The van der Waals surface area contributed by atoms with Gasteiger partial charge in [0.15, 0.2) is 5.96 Å². The van der Waals surface area contributed by atoms with Crippen LogP contribution in [0.1, 0.15) is 93.1 Å². The summed E-state index contributed by atoms with van der Waals surface area (Å²) in [6.07, 6.45) is 13.9. The second-order valence-corrected chi connectivity index (χ2v) is 10.9. The van der Waals surface area contributed by atoms with Gasteiger partial charge in [-0.25, -0.2) is 0 Å². The van der Waals surface area contributed by atoms with E-state index in [0.717, 1.165) is 42.8 Å². The van der Waals surface area contributed by atoms with Crippen LogP contribution < -0.4 is 26.6 Å². The molecule has 0 aliphatic heterocycles. The zero-order chi connectivity index (χ0) is 36.1. The minimum absolute atomic E-state index is 0.0220. The van der Waals surface area contributed by atoms with Gasteiger partial charge in [-0.3, -0.25) is 14.6 Å². The third kappa shape index (κ3) is 34.0. The third-order valence-electron chi connectivity index (χ3n) is 6.02. The molecular weight excluding hydrogens is 592 g/mol. The van der Waals surface area contributed by atoms with E-state index in [1.807, 2.05) is 52.0 Å². The van der Waals surface area contributed by atoms with Crippen molar-refractivity contribution in [3.8, 4) is 0 Å². The van der Waals surface area contributed by atoms with E-state index in [1.165, 1.54) is 12.8 Å². The number of hydrogen-bond acceptors (Lipinski definition) is 6. The summed E-state index contributed by atoms with van der Waals surface area (Å²) in [5, 5.41) is 24.2. The van der Waals surface area contributed by atoms with Crippen LogP contribution >= 0.6 is 0 Å². The maximum absolute atomic E-state index is 12.1. The highest BCUT2D eigenvalue weighted by Gasteiger charge is 2.08. The fourth-order valence-corrected chi connectivity index (χ4v) is 3.81. The van der Waals surface area contributed by atoms with Crippen LogP contribution in [0.2, 0.25) is 0 Å². The number of methoxy groups -OCH3 is 1. The first-order valence-corrected chi connectivity index (χ1v) is 17.4. The van der Waals surface area contributed by atoms with Gasteiger partial charge in [0, 0.05) is 64.7 Å². The molecular formula is C37H70N6O4. The smallest absolute Gasteiger partial charge is 0.224 e. The van der Waals surface area contributed by atoms with E-state index in [0.29, 0.717) is 44.7 Å². The van der Waals surface area contributed by atoms with Crippen LogP contribution in [-0.4, -0.2) is 82.5 Å². The van der Waals surface area contributed by atoms with E-state index in [4.69, 9.17) is 5.11 Å². The topological polar surface area (TPSA) is 136 Å². The number of hydrogen-bond donors (Lipinski definition) is 6. The molecule has 2 amide bonds. The molecule has 1 aromatic rings. The fraction of sp³-hybridized carbons (Fsp3) is 0.649. The maximum atomic E-state index is 12.1. The Morgan fingerprint density at radius 2 is 1.68 bits per heavy atom. The van der Waals surface area contributed by atoms with Crippen molar-refractivity contribution in [3.63, 3.8) is 0 Å². The van der Waals surface area contributed by atoms with Gasteiger partial charge in [0.2, 0.25) is 12.3 Å². The Hall–Kier alpha value is -3.21. The number of nitrogens with zero attached hydrogens (tertiary/aromatic N) is 1. The first kappa shape index (κ1) is 48.2. The van der Waals surface area contributed by atoms with Crippen molar-refractivity contribution in [2.75, 3.05) is 52.3 Å². The number of aliphatic hydroxyl groups is 1. The highest BCUT2D eigenvalue weighted by atomic mass is 16.4. The predicted molar refractivity (Wildman–Crippen MR) is 202 cm³/mol. The SMILES string of the molecule is CC.CC1C=CC=CC1.CCCNC(C)C.CCNC(=NCCCC(=O)Nc1ccc(CC(CCO)NC=O)cc1)NCC.COC. The Morgan fingerprint density at radius 3 is 2.09 bits per heavy atom. The summed E-state index contributed by atoms with van der Waals surface area (Å²) in [6, 6.07) is 8.07. The number of guanidine groups is 1. The molecule has 0 fully saturated rings. The van der Waals surface area contributed by atoms with Crippen LogP contribution in [0.15, 0.2) is 53.6 Å². The first-order chi connectivity index (χ1) is 22.7. The highest BCUT2D eigenvalue weighted by molar-refractivity contribution is 5.90. The Kier molecular flexibility index (Phi) is 38.2. The van der Waals surface area contributed by atoms with Gasteiger partial charge in [-0.05, 0) is 76.1 Å². The molecule has 1 aliphatic carbocycles. The van der Waals surface area contributed by atoms with Gasteiger partial charge in [-0.2, -0.15) is 0 Å². The molecule has 0 heterocycles. The highest BCUT2D eigenvalue weighted by Crippen LogP contribution is 2.13. The lowest BCUT2D eigenvalue weighted by atomic mass is 10.0. The Balaban J connectivity index is -0.000000821. The monoisotopic (exact) mass is 663 g/mol. The van der Waals surface area contributed by atoms with Crippen molar-refractivity contribution >= 4 is 24.0 Å². The minimum atomic E-state index is -0.0993. The Bertz CT molecular complexity index is 912. The van der Waals surface area contributed by atoms with Crippen molar-refractivity contribution in [2.24, 2.45) is 10.9 Å². The number of allylic oxidation sites excluding steroid dienone is 4. The number of amides is 2. The molecule has 1 aromatic carbocycles. The molecule has 6 N–H and O–H groups in total. The summed E-state index contributed by atoms with van der Waals surface area (Å²) in [4.78, 5) is 27.1. The second-order valence-electron chi connectivity index (χ2n) is 10.9. The fourth-order valence-electron chi connectivity index (χ4n) is 3.81. The van der Waals surface area contributed by atoms with Gasteiger partial charge in [0.1, 0.15) is 0 Å². The molecule has 0 spiro atoms. The average Bonchev–Trinajstić information content (AvgIpc) is 3.06. The number of rotatable bonds is 16. The number of aliphatic hydroxyl groups excluding tert-OH is 1. The van der Waals surface area contributed by atoms with Gasteiger partial charge >= 0.3 is 0 Å². The van der Waals surface area contributed by atoms with Crippen LogP contribution in [-0.2, 0) is 20.7 Å². The summed E-state index contributed by atoms with van der Waals surface area (Å²) in [6.45, 7) is 20.1. The van der Waals surface area contributed by atoms with Crippen LogP contribution in [0.5, 0.6) is 0 Å². The largest absolute Gasteiger partial charge is 0.396 e. The number of aliphatic imine (C=N–C) groups is 1. The molecule has 10 heteroatoms. The molecule has 2 rings (SSSR count). The normalized spacial score (nSPS) is 13.0. The van der Waals surface area contributed by atoms with Crippen molar-refractivity contribution < 1.29 is 19.4 Å². The molecule has 2 atom stereocenters.